The van der Waals surface area contributed by atoms with Crippen LogP contribution in [0.15, 0.2) is 18.2 Å². The number of hydrogen-bond acceptors (Lipinski definition) is 0. The van der Waals surface area contributed by atoms with Crippen LogP contribution in [0.5, 0.6) is 0 Å². The lowest BCUT2D eigenvalue weighted by Crippen LogP contribution is -2.23. The molecule has 1 fully saturated rings. The van der Waals surface area contributed by atoms with Gasteiger partial charge in [0.25, 0.3) is 0 Å². The maximum atomic E-state index is 13.4. The van der Waals surface area contributed by atoms with E-state index in [1.807, 2.05) is 0 Å². The molecule has 1 atom stereocenters. The van der Waals surface area contributed by atoms with Crippen LogP contribution < -0.4 is 0 Å². The zero-order chi connectivity index (χ0) is 17.1. The van der Waals surface area contributed by atoms with E-state index >= 15 is 0 Å². The summed E-state index contributed by atoms with van der Waals surface area (Å²) in [5, 5.41) is 0. The highest BCUT2D eigenvalue weighted by atomic mass is 19.2. The van der Waals surface area contributed by atoms with E-state index in [1.54, 1.807) is 0 Å². The molecule has 1 aromatic rings. The third kappa shape index (κ3) is 3.87. The van der Waals surface area contributed by atoms with Gasteiger partial charge in [-0.05, 0) is 73.1 Å². The Bertz CT molecular complexity index is 574. The molecule has 0 aliphatic heterocycles. The van der Waals surface area contributed by atoms with Crippen LogP contribution in [-0.4, -0.2) is 0 Å². The largest absolute Gasteiger partial charge is 0.204 e. The smallest absolute Gasteiger partial charge is 0.194 e. The zero-order valence-corrected chi connectivity index (χ0v) is 14.5. The molecule has 0 bridgehead atoms. The first-order valence-corrected chi connectivity index (χ1v) is 9.42. The molecule has 2 aliphatic carbocycles. The van der Waals surface area contributed by atoms with Gasteiger partial charge in [-0.1, -0.05) is 38.7 Å². The lowest BCUT2D eigenvalue weighted by molar-refractivity contribution is 0.189. The van der Waals surface area contributed by atoms with Crippen molar-refractivity contribution in [3.8, 4) is 0 Å². The second kappa shape index (κ2) is 7.76. The van der Waals surface area contributed by atoms with Gasteiger partial charge in [-0.15, -0.1) is 0 Å². The van der Waals surface area contributed by atoms with Gasteiger partial charge in [-0.25, -0.2) is 13.2 Å². The lowest BCUT2D eigenvalue weighted by atomic mass is 9.70. The van der Waals surface area contributed by atoms with Gasteiger partial charge in [0.2, 0.25) is 0 Å². The summed E-state index contributed by atoms with van der Waals surface area (Å²) in [6.07, 6.45) is 13.1. The summed E-state index contributed by atoms with van der Waals surface area (Å²) in [7, 11) is 0. The highest BCUT2D eigenvalue weighted by Crippen LogP contribution is 2.42. The molecule has 0 unspecified atom stereocenters. The fraction of sp³-hybridized carbons (Fsp3) is 0.619. The SMILES string of the molecule is CCCC1CCC([C@@H]2CC=C(c3cc(F)c(F)c(F)c3)CC2)CC1. The van der Waals surface area contributed by atoms with Crippen molar-refractivity contribution < 1.29 is 13.2 Å². The Labute approximate surface area is 143 Å². The van der Waals surface area contributed by atoms with Crippen molar-refractivity contribution in [1.29, 1.82) is 0 Å². The molecule has 0 saturated heterocycles. The second-order valence-corrected chi connectivity index (χ2v) is 7.59. The molecular weight excluding hydrogens is 309 g/mol. The molecule has 3 heteroatoms. The quantitative estimate of drug-likeness (QED) is 0.525. The molecule has 1 saturated carbocycles. The normalized spacial score (nSPS) is 27.8. The Kier molecular flexibility index (Phi) is 5.68. The third-order valence-corrected chi connectivity index (χ3v) is 6.06. The van der Waals surface area contributed by atoms with E-state index in [0.29, 0.717) is 11.5 Å². The minimum atomic E-state index is -1.38. The lowest BCUT2D eigenvalue weighted by Gasteiger charge is -2.35. The first-order valence-electron chi connectivity index (χ1n) is 9.42. The molecule has 0 N–H and O–H groups in total. The molecule has 0 amide bonds. The monoisotopic (exact) mass is 336 g/mol. The molecule has 0 radical (unpaired) electrons. The van der Waals surface area contributed by atoms with Crippen LogP contribution in [0.3, 0.4) is 0 Å². The number of rotatable bonds is 4. The van der Waals surface area contributed by atoms with Gasteiger partial charge in [0.15, 0.2) is 17.5 Å². The molecule has 24 heavy (non-hydrogen) atoms. The van der Waals surface area contributed by atoms with Gasteiger partial charge in [-0.3, -0.25) is 0 Å². The summed E-state index contributed by atoms with van der Waals surface area (Å²) in [5.74, 6) is -1.14. The van der Waals surface area contributed by atoms with Crippen LogP contribution in [0.25, 0.3) is 5.57 Å². The van der Waals surface area contributed by atoms with Gasteiger partial charge in [0.05, 0.1) is 0 Å². The Morgan fingerprint density at radius 1 is 0.917 bits per heavy atom. The standard InChI is InChI=1S/C21H27F3/c1-2-3-14-4-6-15(7-5-14)16-8-10-17(11-9-16)18-12-19(22)21(24)20(23)13-18/h10,12-16H,2-9,11H2,1H3/t14?,15?,16-/m1/s1. The fourth-order valence-electron chi connectivity index (χ4n) is 4.64. The van der Waals surface area contributed by atoms with Crippen molar-refractivity contribution in [2.45, 2.75) is 64.7 Å². The number of allylic oxidation sites excluding steroid dienone is 2. The summed E-state index contributed by atoms with van der Waals surface area (Å²) >= 11 is 0. The first-order chi connectivity index (χ1) is 11.6. The Balaban J connectivity index is 1.61. The van der Waals surface area contributed by atoms with Gasteiger partial charge >= 0.3 is 0 Å². The van der Waals surface area contributed by atoms with E-state index in [9.17, 15) is 13.2 Å². The molecule has 0 aromatic heterocycles. The third-order valence-electron chi connectivity index (χ3n) is 6.06. The van der Waals surface area contributed by atoms with Gasteiger partial charge in [0, 0.05) is 0 Å². The van der Waals surface area contributed by atoms with E-state index < -0.39 is 17.5 Å². The zero-order valence-electron chi connectivity index (χ0n) is 14.5. The van der Waals surface area contributed by atoms with Crippen molar-refractivity contribution >= 4 is 5.57 Å². The molecule has 2 aliphatic rings. The summed E-state index contributed by atoms with van der Waals surface area (Å²) < 4.78 is 39.9. The predicted molar refractivity (Wildman–Crippen MR) is 92.0 cm³/mol. The highest BCUT2D eigenvalue weighted by molar-refractivity contribution is 5.66. The van der Waals surface area contributed by atoms with E-state index in [1.165, 1.54) is 38.5 Å². The predicted octanol–water partition coefficient (Wildman–Crippen LogP) is 6.89. The summed E-state index contributed by atoms with van der Waals surface area (Å²) in [6.45, 7) is 2.26. The minimum absolute atomic E-state index is 0.497. The van der Waals surface area contributed by atoms with Crippen LogP contribution in [0, 0.1) is 35.2 Å². The highest BCUT2D eigenvalue weighted by Gasteiger charge is 2.28. The molecular formula is C21H27F3. The Morgan fingerprint density at radius 3 is 2.12 bits per heavy atom. The van der Waals surface area contributed by atoms with Crippen LogP contribution >= 0.6 is 0 Å². The average Bonchev–Trinajstić information content (AvgIpc) is 2.60. The average molecular weight is 336 g/mol. The van der Waals surface area contributed by atoms with Crippen LogP contribution in [0.1, 0.15) is 70.3 Å². The Morgan fingerprint density at radius 2 is 1.58 bits per heavy atom. The first kappa shape index (κ1) is 17.6. The number of benzene rings is 1. The van der Waals surface area contributed by atoms with Crippen molar-refractivity contribution in [2.24, 2.45) is 17.8 Å². The van der Waals surface area contributed by atoms with Gasteiger partial charge < -0.3 is 0 Å². The maximum absolute atomic E-state index is 13.4. The van der Waals surface area contributed by atoms with Crippen LogP contribution in [-0.2, 0) is 0 Å². The van der Waals surface area contributed by atoms with Crippen molar-refractivity contribution in [1.82, 2.24) is 0 Å². The van der Waals surface area contributed by atoms with Crippen LogP contribution in [0.2, 0.25) is 0 Å². The van der Waals surface area contributed by atoms with Crippen LogP contribution in [0.4, 0.5) is 13.2 Å². The van der Waals surface area contributed by atoms with Crippen molar-refractivity contribution in [2.75, 3.05) is 0 Å². The summed E-state index contributed by atoms with van der Waals surface area (Å²) in [6, 6.07) is 2.25. The molecule has 0 nitrogen and oxygen atoms in total. The number of hydrogen-bond donors (Lipinski definition) is 0. The molecule has 0 heterocycles. The van der Waals surface area contributed by atoms with E-state index in [2.05, 4.69) is 13.0 Å². The minimum Gasteiger partial charge on any atom is -0.204 e. The molecule has 1 aromatic carbocycles. The van der Waals surface area contributed by atoms with Gasteiger partial charge in [-0.2, -0.15) is 0 Å². The van der Waals surface area contributed by atoms with E-state index in [4.69, 9.17) is 0 Å². The Hall–Kier alpha value is -1.25. The summed E-state index contributed by atoms with van der Waals surface area (Å²) in [5.41, 5.74) is 1.46. The molecule has 3 rings (SSSR count). The second-order valence-electron chi connectivity index (χ2n) is 7.59. The summed E-state index contributed by atoms with van der Waals surface area (Å²) in [4.78, 5) is 0. The maximum Gasteiger partial charge on any atom is 0.194 e. The number of halogens is 3. The van der Waals surface area contributed by atoms with E-state index in [-0.39, 0.29) is 0 Å². The molecule has 132 valence electrons. The van der Waals surface area contributed by atoms with Crippen molar-refractivity contribution in [3.63, 3.8) is 0 Å². The molecule has 0 spiro atoms. The van der Waals surface area contributed by atoms with Gasteiger partial charge in [0.1, 0.15) is 0 Å². The van der Waals surface area contributed by atoms with Crippen molar-refractivity contribution in [3.05, 3.63) is 41.2 Å². The van der Waals surface area contributed by atoms with E-state index in [0.717, 1.165) is 48.8 Å². The topological polar surface area (TPSA) is 0 Å². The fourth-order valence-corrected chi connectivity index (χ4v) is 4.64.